The van der Waals surface area contributed by atoms with Crippen LogP contribution >= 0.6 is 0 Å². The number of ether oxygens (including phenoxy) is 1. The Balaban J connectivity index is 1.91. The number of nitrogens with two attached hydrogens (primary N) is 1. The van der Waals surface area contributed by atoms with Gasteiger partial charge in [0.15, 0.2) is 5.69 Å². The lowest BCUT2D eigenvalue weighted by molar-refractivity contribution is -0.384. The number of carbonyl (C=O) groups excluding carboxylic acids is 1. The van der Waals surface area contributed by atoms with E-state index < -0.39 is 22.1 Å². The summed E-state index contributed by atoms with van der Waals surface area (Å²) in [7, 11) is 1.46. The van der Waals surface area contributed by atoms with Gasteiger partial charge in [0, 0.05) is 26.1 Å². The maximum absolute atomic E-state index is 13.3. The fourth-order valence-corrected chi connectivity index (χ4v) is 3.52. The molecule has 0 unspecified atom stereocenters. The fraction of sp³-hybridized carbons (Fsp3) is 0.261. The van der Waals surface area contributed by atoms with Crippen LogP contribution in [0.25, 0.3) is 0 Å². The number of nitro benzene ring substituents is 1. The smallest absolute Gasteiger partial charge is 0.330 e. The maximum atomic E-state index is 13.3. The Morgan fingerprint density at radius 3 is 2.54 bits per heavy atom. The SMILES string of the molecule is COCCn1c(N)c(N(Cc2ccccc2)C(=O)CCNc2ccccc2[N+](=O)[O-])c(=O)[nH]c1=O. The molecular formula is C23H26N6O6. The van der Waals surface area contributed by atoms with Crippen LogP contribution < -0.4 is 27.2 Å². The number of methoxy groups -OCH3 is 1. The number of nitro groups is 1. The van der Waals surface area contributed by atoms with Gasteiger partial charge in [0.2, 0.25) is 5.91 Å². The molecule has 184 valence electrons. The molecule has 4 N–H and O–H groups in total. The van der Waals surface area contributed by atoms with Gasteiger partial charge in [-0.25, -0.2) is 4.79 Å². The third-order valence-electron chi connectivity index (χ3n) is 5.24. The van der Waals surface area contributed by atoms with Crippen molar-refractivity contribution in [1.29, 1.82) is 0 Å². The van der Waals surface area contributed by atoms with Crippen molar-refractivity contribution in [2.24, 2.45) is 0 Å². The Hall–Kier alpha value is -4.45. The number of para-hydroxylation sites is 2. The summed E-state index contributed by atoms with van der Waals surface area (Å²) < 4.78 is 6.14. The second kappa shape index (κ2) is 11.6. The molecule has 0 fully saturated rings. The average Bonchev–Trinajstić information content (AvgIpc) is 2.84. The van der Waals surface area contributed by atoms with E-state index in [0.717, 1.165) is 10.1 Å². The van der Waals surface area contributed by atoms with Gasteiger partial charge in [-0.3, -0.25) is 29.3 Å². The monoisotopic (exact) mass is 482 g/mol. The van der Waals surface area contributed by atoms with Gasteiger partial charge < -0.3 is 20.7 Å². The van der Waals surface area contributed by atoms with Crippen LogP contribution in [0.4, 0.5) is 22.9 Å². The summed E-state index contributed by atoms with van der Waals surface area (Å²) >= 11 is 0. The number of benzene rings is 2. The van der Waals surface area contributed by atoms with Crippen LogP contribution in [-0.2, 0) is 22.6 Å². The number of H-pyrrole nitrogens is 1. The van der Waals surface area contributed by atoms with E-state index in [9.17, 15) is 24.5 Å². The standard InChI is InChI=1S/C23H26N6O6/c1-35-14-13-27-21(24)20(22(31)26-23(27)32)28(15-16-7-3-2-4-8-16)19(30)11-12-25-17-9-5-6-10-18(17)29(33)34/h2-10,25H,11-15,24H2,1H3,(H,26,31,32). The number of nitrogens with zero attached hydrogens (tertiary/aromatic N) is 3. The van der Waals surface area contributed by atoms with Crippen molar-refractivity contribution in [3.63, 3.8) is 0 Å². The van der Waals surface area contributed by atoms with Gasteiger partial charge in [-0.15, -0.1) is 0 Å². The number of amides is 1. The highest BCUT2D eigenvalue weighted by atomic mass is 16.6. The molecule has 1 amide bonds. The van der Waals surface area contributed by atoms with Crippen LogP contribution in [0, 0.1) is 10.1 Å². The van der Waals surface area contributed by atoms with Crippen molar-refractivity contribution in [2.75, 3.05) is 36.2 Å². The van der Waals surface area contributed by atoms with Crippen molar-refractivity contribution >= 4 is 28.8 Å². The summed E-state index contributed by atoms with van der Waals surface area (Å²) in [5.74, 6) is -0.624. The molecule has 0 radical (unpaired) electrons. The molecule has 1 heterocycles. The number of nitrogens with one attached hydrogen (secondary N) is 2. The van der Waals surface area contributed by atoms with Gasteiger partial charge in [0.1, 0.15) is 11.5 Å². The number of aromatic nitrogens is 2. The van der Waals surface area contributed by atoms with Gasteiger partial charge in [-0.05, 0) is 11.6 Å². The van der Waals surface area contributed by atoms with Crippen molar-refractivity contribution in [2.45, 2.75) is 19.5 Å². The number of nitrogen functional groups attached to an aromatic ring is 1. The molecule has 0 saturated carbocycles. The first-order valence-electron chi connectivity index (χ1n) is 10.8. The van der Waals surface area contributed by atoms with Crippen molar-refractivity contribution in [3.05, 3.63) is 91.1 Å². The molecule has 0 atom stereocenters. The largest absolute Gasteiger partial charge is 0.383 e. The Bertz CT molecular complexity index is 1300. The summed E-state index contributed by atoms with van der Waals surface area (Å²) in [4.78, 5) is 52.5. The minimum absolute atomic E-state index is 0.0287. The molecule has 3 aromatic rings. The van der Waals surface area contributed by atoms with Crippen LogP contribution in [0.15, 0.2) is 64.2 Å². The molecule has 1 aromatic heterocycles. The Kier molecular flexibility index (Phi) is 8.35. The topological polar surface area (TPSA) is 166 Å². The Morgan fingerprint density at radius 1 is 1.17 bits per heavy atom. The molecule has 0 spiro atoms. The van der Waals surface area contributed by atoms with Gasteiger partial charge in [0.25, 0.3) is 11.2 Å². The van der Waals surface area contributed by atoms with E-state index in [1.165, 1.54) is 18.1 Å². The number of hydrogen-bond donors (Lipinski definition) is 3. The molecule has 0 aliphatic rings. The highest BCUT2D eigenvalue weighted by Gasteiger charge is 2.24. The quantitative estimate of drug-likeness (QED) is 0.274. The first kappa shape index (κ1) is 25.2. The molecule has 0 saturated heterocycles. The second-order valence-corrected chi connectivity index (χ2v) is 7.55. The number of aromatic amines is 1. The summed E-state index contributed by atoms with van der Waals surface area (Å²) in [5.41, 5.74) is 5.42. The molecule has 3 rings (SSSR count). The molecule has 2 aromatic carbocycles. The summed E-state index contributed by atoms with van der Waals surface area (Å²) in [6.07, 6.45) is -0.102. The van der Waals surface area contributed by atoms with E-state index >= 15 is 0 Å². The molecular weight excluding hydrogens is 456 g/mol. The van der Waals surface area contributed by atoms with Gasteiger partial charge in [-0.2, -0.15) is 0 Å². The van der Waals surface area contributed by atoms with Crippen molar-refractivity contribution < 1.29 is 14.5 Å². The lowest BCUT2D eigenvalue weighted by Gasteiger charge is -2.25. The van der Waals surface area contributed by atoms with Crippen LogP contribution in [0.3, 0.4) is 0 Å². The van der Waals surface area contributed by atoms with Crippen LogP contribution in [0.5, 0.6) is 0 Å². The first-order chi connectivity index (χ1) is 16.8. The van der Waals surface area contributed by atoms with Crippen LogP contribution in [0.1, 0.15) is 12.0 Å². The predicted octanol–water partition coefficient (Wildman–Crippen LogP) is 1.71. The normalized spacial score (nSPS) is 10.7. The zero-order chi connectivity index (χ0) is 25.4. The van der Waals surface area contributed by atoms with Crippen molar-refractivity contribution in [3.8, 4) is 0 Å². The van der Waals surface area contributed by atoms with E-state index in [1.807, 2.05) is 6.07 Å². The van der Waals surface area contributed by atoms with Gasteiger partial charge >= 0.3 is 5.69 Å². The number of rotatable bonds is 11. The van der Waals surface area contributed by atoms with Crippen LogP contribution in [0.2, 0.25) is 0 Å². The third kappa shape index (κ3) is 6.12. The zero-order valence-electron chi connectivity index (χ0n) is 19.1. The fourth-order valence-electron chi connectivity index (χ4n) is 3.52. The average molecular weight is 482 g/mol. The highest BCUT2D eigenvalue weighted by molar-refractivity contribution is 5.95. The Labute approximate surface area is 200 Å². The minimum atomic E-state index is -0.794. The maximum Gasteiger partial charge on any atom is 0.330 e. The zero-order valence-corrected chi connectivity index (χ0v) is 19.1. The predicted molar refractivity (Wildman–Crippen MR) is 131 cm³/mol. The van der Waals surface area contributed by atoms with E-state index in [-0.39, 0.29) is 55.5 Å². The first-order valence-corrected chi connectivity index (χ1v) is 10.8. The second-order valence-electron chi connectivity index (χ2n) is 7.55. The molecule has 35 heavy (non-hydrogen) atoms. The van der Waals surface area contributed by atoms with E-state index in [0.29, 0.717) is 0 Å². The van der Waals surface area contributed by atoms with Crippen molar-refractivity contribution in [1.82, 2.24) is 9.55 Å². The molecule has 12 nitrogen and oxygen atoms in total. The molecule has 0 bridgehead atoms. The minimum Gasteiger partial charge on any atom is -0.383 e. The van der Waals surface area contributed by atoms with Crippen LogP contribution in [-0.4, -0.2) is 40.6 Å². The summed E-state index contributed by atoms with van der Waals surface area (Å²) in [6, 6.07) is 15.1. The third-order valence-corrected chi connectivity index (χ3v) is 5.24. The lowest BCUT2D eigenvalue weighted by Crippen LogP contribution is -2.41. The number of carbonyl (C=O) groups is 1. The lowest BCUT2D eigenvalue weighted by atomic mass is 10.2. The van der Waals surface area contributed by atoms with E-state index in [1.54, 1.807) is 42.5 Å². The number of hydrogen-bond acceptors (Lipinski definition) is 8. The summed E-state index contributed by atoms with van der Waals surface area (Å²) in [5, 5.41) is 14.1. The van der Waals surface area contributed by atoms with E-state index in [2.05, 4.69) is 10.3 Å². The highest BCUT2D eigenvalue weighted by Crippen LogP contribution is 2.24. The number of anilines is 3. The molecule has 12 heteroatoms. The molecule has 0 aliphatic carbocycles. The van der Waals surface area contributed by atoms with Gasteiger partial charge in [-0.1, -0.05) is 42.5 Å². The summed E-state index contributed by atoms with van der Waals surface area (Å²) in [6.45, 7) is 0.344. The molecule has 0 aliphatic heterocycles. The van der Waals surface area contributed by atoms with E-state index in [4.69, 9.17) is 10.5 Å². The Morgan fingerprint density at radius 2 is 1.86 bits per heavy atom. The van der Waals surface area contributed by atoms with Gasteiger partial charge in [0.05, 0.1) is 24.6 Å².